The van der Waals surface area contributed by atoms with Gasteiger partial charge in [0.05, 0.1) is 13.2 Å². The zero-order chi connectivity index (χ0) is 30.5. The van der Waals surface area contributed by atoms with Crippen molar-refractivity contribution in [2.75, 3.05) is 39.5 Å². The zero-order valence-corrected chi connectivity index (χ0v) is 24.3. The van der Waals surface area contributed by atoms with Gasteiger partial charge in [-0.15, -0.1) is 0 Å². The van der Waals surface area contributed by atoms with E-state index in [-0.39, 0.29) is 24.2 Å². The minimum atomic E-state index is -1.18. The molecule has 0 saturated carbocycles. The number of allylic oxidation sites excluding steroid dienone is 2. The number of carboxylic acid groups (broad SMARTS) is 1. The molecule has 0 spiro atoms. The SMILES string of the molecule is O=C(O)C=Cc1ccc(F)cc1F.OCC1=CC=CC(CO)(CNCCCCCCOCCCCc2ccccc2)C1. The predicted molar refractivity (Wildman–Crippen MR) is 163 cm³/mol. The van der Waals surface area contributed by atoms with E-state index in [1.807, 2.05) is 12.2 Å². The van der Waals surface area contributed by atoms with Crippen LogP contribution < -0.4 is 5.32 Å². The number of rotatable bonds is 18. The topological polar surface area (TPSA) is 99.0 Å². The first kappa shape index (κ1) is 35.0. The smallest absolute Gasteiger partial charge is 0.328 e. The highest BCUT2D eigenvalue weighted by molar-refractivity contribution is 5.85. The summed E-state index contributed by atoms with van der Waals surface area (Å²) in [5.41, 5.74) is 2.18. The third-order valence-corrected chi connectivity index (χ3v) is 6.96. The van der Waals surface area contributed by atoms with Gasteiger partial charge in [0.2, 0.25) is 0 Å². The van der Waals surface area contributed by atoms with Gasteiger partial charge in [0.25, 0.3) is 0 Å². The summed E-state index contributed by atoms with van der Waals surface area (Å²) in [5, 5.41) is 30.8. The summed E-state index contributed by atoms with van der Waals surface area (Å²) in [6, 6.07) is 13.6. The third kappa shape index (κ3) is 14.6. The molecule has 0 aromatic heterocycles. The fraction of sp³-hybridized carbons (Fsp3) is 0.441. The number of unbranched alkanes of at least 4 members (excludes halogenated alkanes) is 4. The fourth-order valence-electron chi connectivity index (χ4n) is 4.58. The number of hydrogen-bond donors (Lipinski definition) is 4. The molecule has 1 aliphatic rings. The fourth-order valence-corrected chi connectivity index (χ4v) is 4.58. The summed E-state index contributed by atoms with van der Waals surface area (Å²) < 4.78 is 30.9. The number of hydrogen-bond acceptors (Lipinski definition) is 5. The second kappa shape index (κ2) is 20.7. The Morgan fingerprint density at radius 1 is 0.976 bits per heavy atom. The number of carbonyl (C=O) groups is 1. The summed E-state index contributed by atoms with van der Waals surface area (Å²) in [6.07, 6.45) is 16.7. The molecule has 2 aromatic carbocycles. The molecule has 1 atom stereocenters. The summed E-state index contributed by atoms with van der Waals surface area (Å²) in [5.74, 6) is -2.65. The van der Waals surface area contributed by atoms with Gasteiger partial charge in [0.1, 0.15) is 11.6 Å². The van der Waals surface area contributed by atoms with E-state index in [0.29, 0.717) is 6.07 Å². The molecule has 0 amide bonds. The summed E-state index contributed by atoms with van der Waals surface area (Å²) >= 11 is 0. The van der Waals surface area contributed by atoms with E-state index >= 15 is 0 Å². The predicted octanol–water partition coefficient (Wildman–Crippen LogP) is 6.10. The average Bonchev–Trinajstić information content (AvgIpc) is 3.00. The van der Waals surface area contributed by atoms with Crippen molar-refractivity contribution in [3.8, 4) is 0 Å². The van der Waals surface area contributed by atoms with E-state index < -0.39 is 17.6 Å². The van der Waals surface area contributed by atoms with Gasteiger partial charge in [-0.2, -0.15) is 0 Å². The Balaban J connectivity index is 0.000000395. The number of aliphatic hydroxyl groups excluding tert-OH is 2. The van der Waals surface area contributed by atoms with E-state index in [1.165, 1.54) is 30.9 Å². The molecule has 4 N–H and O–H groups in total. The highest BCUT2D eigenvalue weighted by Crippen LogP contribution is 2.30. The first-order valence-electron chi connectivity index (χ1n) is 14.6. The Labute approximate surface area is 248 Å². The molecule has 1 aliphatic carbocycles. The maximum absolute atomic E-state index is 12.8. The van der Waals surface area contributed by atoms with Crippen molar-refractivity contribution in [3.05, 3.63) is 101 Å². The van der Waals surface area contributed by atoms with Crippen molar-refractivity contribution >= 4 is 12.0 Å². The molecule has 0 heterocycles. The molecule has 0 saturated heterocycles. The van der Waals surface area contributed by atoms with Crippen molar-refractivity contribution < 1.29 is 33.6 Å². The molecule has 0 aliphatic heterocycles. The molecule has 0 fully saturated rings. The van der Waals surface area contributed by atoms with Gasteiger partial charge < -0.3 is 25.4 Å². The molecule has 6 nitrogen and oxygen atoms in total. The van der Waals surface area contributed by atoms with E-state index in [1.54, 1.807) is 0 Å². The first-order chi connectivity index (χ1) is 20.4. The van der Waals surface area contributed by atoms with E-state index in [0.717, 1.165) is 82.2 Å². The first-order valence-corrected chi connectivity index (χ1v) is 14.6. The van der Waals surface area contributed by atoms with Crippen molar-refractivity contribution in [2.45, 2.75) is 51.4 Å². The van der Waals surface area contributed by atoms with Gasteiger partial charge in [-0.25, -0.2) is 13.6 Å². The minimum Gasteiger partial charge on any atom is -0.478 e. The lowest BCUT2D eigenvalue weighted by atomic mass is 9.79. The number of halogens is 2. The molecule has 0 bridgehead atoms. The molecule has 1 unspecified atom stereocenters. The number of aryl methyl sites for hydroxylation is 1. The molecule has 42 heavy (non-hydrogen) atoms. The number of carboxylic acids is 1. The van der Waals surface area contributed by atoms with E-state index in [9.17, 15) is 23.8 Å². The van der Waals surface area contributed by atoms with Gasteiger partial charge in [-0.1, -0.05) is 61.4 Å². The van der Waals surface area contributed by atoms with E-state index in [4.69, 9.17) is 9.84 Å². The van der Waals surface area contributed by atoms with Crippen LogP contribution in [0.15, 0.2) is 78.4 Å². The van der Waals surface area contributed by atoms with Crippen LogP contribution in [0.1, 0.15) is 56.1 Å². The van der Waals surface area contributed by atoms with Crippen LogP contribution >= 0.6 is 0 Å². The van der Waals surface area contributed by atoms with Gasteiger partial charge in [0, 0.05) is 42.9 Å². The molecular formula is C34H45F2NO5. The number of ether oxygens (including phenoxy) is 1. The Kier molecular flexibility index (Phi) is 17.2. The molecular weight excluding hydrogens is 540 g/mol. The largest absolute Gasteiger partial charge is 0.478 e. The second-order valence-corrected chi connectivity index (χ2v) is 10.5. The van der Waals surface area contributed by atoms with Gasteiger partial charge >= 0.3 is 5.97 Å². The number of nitrogens with one attached hydrogen (secondary N) is 1. The maximum Gasteiger partial charge on any atom is 0.328 e. The lowest BCUT2D eigenvalue weighted by molar-refractivity contribution is -0.131. The third-order valence-electron chi connectivity index (χ3n) is 6.96. The summed E-state index contributed by atoms with van der Waals surface area (Å²) in [4.78, 5) is 10.1. The number of benzene rings is 2. The average molecular weight is 586 g/mol. The Bertz CT molecular complexity index is 1140. The van der Waals surface area contributed by atoms with Crippen molar-refractivity contribution in [1.82, 2.24) is 5.32 Å². The Morgan fingerprint density at radius 2 is 1.71 bits per heavy atom. The van der Waals surface area contributed by atoms with Crippen molar-refractivity contribution in [1.29, 1.82) is 0 Å². The Hall–Kier alpha value is -3.17. The van der Waals surface area contributed by atoms with Crippen LogP contribution in [0.25, 0.3) is 6.08 Å². The van der Waals surface area contributed by atoms with Crippen LogP contribution in [0.5, 0.6) is 0 Å². The van der Waals surface area contributed by atoms with E-state index in [2.05, 4.69) is 41.7 Å². The van der Waals surface area contributed by atoms with Crippen molar-refractivity contribution in [2.24, 2.45) is 5.41 Å². The Morgan fingerprint density at radius 3 is 2.40 bits per heavy atom. The van der Waals surface area contributed by atoms with Gasteiger partial charge in [-0.05, 0) is 74.4 Å². The van der Waals surface area contributed by atoms with Crippen molar-refractivity contribution in [3.63, 3.8) is 0 Å². The van der Waals surface area contributed by atoms with Crippen LogP contribution in [-0.2, 0) is 16.0 Å². The van der Waals surface area contributed by atoms with Crippen LogP contribution in [0.4, 0.5) is 8.78 Å². The molecule has 0 radical (unpaired) electrons. The number of aliphatic carboxylic acids is 1. The van der Waals surface area contributed by atoms with Crippen LogP contribution in [-0.4, -0.2) is 60.8 Å². The maximum atomic E-state index is 12.8. The van der Waals surface area contributed by atoms with Crippen LogP contribution in [0, 0.1) is 17.0 Å². The lowest BCUT2D eigenvalue weighted by Crippen LogP contribution is -2.37. The summed E-state index contributed by atoms with van der Waals surface area (Å²) in [6.45, 7) is 3.64. The lowest BCUT2D eigenvalue weighted by Gasteiger charge is -2.32. The molecule has 8 heteroatoms. The minimum absolute atomic E-state index is 0.0452. The molecule has 3 rings (SSSR count). The monoisotopic (exact) mass is 585 g/mol. The summed E-state index contributed by atoms with van der Waals surface area (Å²) in [7, 11) is 0. The highest BCUT2D eigenvalue weighted by Gasteiger charge is 2.28. The standard InChI is InChI=1S/C25H39NO3.C9H6F2O2/c27-20-24-14-10-15-25(19-24,22-28)21-26-16-7-1-2-8-17-29-18-9-6-13-23-11-4-3-5-12-23;10-7-3-1-6(8(11)5-7)2-4-9(12)13/h3-5,10-12,14-15,26-28H,1-2,6-9,13,16-22H2;1-5H,(H,12,13). The number of aliphatic hydroxyl groups is 2. The van der Waals surface area contributed by atoms with Crippen LogP contribution in [0.3, 0.4) is 0 Å². The van der Waals surface area contributed by atoms with Crippen LogP contribution in [0.2, 0.25) is 0 Å². The zero-order valence-electron chi connectivity index (χ0n) is 24.3. The molecule has 2 aromatic rings. The van der Waals surface area contributed by atoms with Gasteiger partial charge in [0.15, 0.2) is 0 Å². The quantitative estimate of drug-likeness (QED) is 0.125. The highest BCUT2D eigenvalue weighted by atomic mass is 19.1. The molecule has 230 valence electrons. The van der Waals surface area contributed by atoms with Gasteiger partial charge in [-0.3, -0.25) is 0 Å². The normalized spacial score (nSPS) is 16.2. The second-order valence-electron chi connectivity index (χ2n) is 10.5.